The predicted octanol–water partition coefficient (Wildman–Crippen LogP) is 1.78. The first kappa shape index (κ1) is 11.4. The van der Waals surface area contributed by atoms with Crippen LogP contribution in [0.1, 0.15) is 36.7 Å². The zero-order valence-corrected chi connectivity index (χ0v) is 8.73. The number of aromatic nitrogens is 2. The van der Waals surface area contributed by atoms with Crippen LogP contribution in [0.2, 0.25) is 0 Å². The molecule has 0 aliphatic carbocycles. The minimum Gasteiger partial charge on any atom is -0.476 e. The largest absolute Gasteiger partial charge is 0.476 e. The van der Waals surface area contributed by atoms with Crippen molar-refractivity contribution in [1.82, 2.24) is 9.97 Å². The van der Waals surface area contributed by atoms with Crippen molar-refractivity contribution in [2.24, 2.45) is 0 Å². The van der Waals surface area contributed by atoms with Crippen molar-refractivity contribution in [3.05, 3.63) is 18.1 Å². The third-order valence-electron chi connectivity index (χ3n) is 1.96. The topological polar surface area (TPSA) is 75.1 Å². The van der Waals surface area contributed by atoms with Gasteiger partial charge >= 0.3 is 5.97 Å². The van der Waals surface area contributed by atoms with E-state index in [0.29, 0.717) is 5.82 Å². The summed E-state index contributed by atoms with van der Waals surface area (Å²) < 4.78 is 0. The fraction of sp³-hybridized carbons (Fsp3) is 0.500. The van der Waals surface area contributed by atoms with Gasteiger partial charge in [-0.15, -0.1) is 0 Å². The average Bonchev–Trinajstić information content (AvgIpc) is 2.25. The molecule has 15 heavy (non-hydrogen) atoms. The van der Waals surface area contributed by atoms with Crippen LogP contribution in [0.15, 0.2) is 12.4 Å². The molecule has 0 saturated carbocycles. The van der Waals surface area contributed by atoms with Crippen molar-refractivity contribution in [2.45, 2.75) is 26.2 Å². The standard InChI is InChI=1S/C10H15N3O2/c1-2-3-4-5-11-9-7-12-8(6-13-9)10(14)15/h6-7H,2-5H2,1H3,(H,11,13)(H,14,15). The van der Waals surface area contributed by atoms with Crippen LogP contribution >= 0.6 is 0 Å². The number of rotatable bonds is 6. The Hall–Kier alpha value is -1.65. The van der Waals surface area contributed by atoms with Crippen molar-refractivity contribution in [3.63, 3.8) is 0 Å². The van der Waals surface area contributed by atoms with Gasteiger partial charge in [0.2, 0.25) is 0 Å². The zero-order valence-electron chi connectivity index (χ0n) is 8.73. The van der Waals surface area contributed by atoms with Crippen LogP contribution in [-0.4, -0.2) is 27.6 Å². The van der Waals surface area contributed by atoms with E-state index in [1.807, 2.05) is 0 Å². The Morgan fingerprint density at radius 3 is 2.73 bits per heavy atom. The van der Waals surface area contributed by atoms with E-state index in [0.717, 1.165) is 13.0 Å². The highest BCUT2D eigenvalue weighted by Gasteiger charge is 2.03. The van der Waals surface area contributed by atoms with Crippen LogP contribution in [0.3, 0.4) is 0 Å². The monoisotopic (exact) mass is 209 g/mol. The molecule has 2 N–H and O–H groups in total. The molecule has 0 bridgehead atoms. The Morgan fingerprint density at radius 1 is 1.40 bits per heavy atom. The number of hydrogen-bond acceptors (Lipinski definition) is 4. The lowest BCUT2D eigenvalue weighted by Gasteiger charge is -2.03. The quantitative estimate of drug-likeness (QED) is 0.698. The normalized spacial score (nSPS) is 9.93. The van der Waals surface area contributed by atoms with E-state index in [1.165, 1.54) is 25.2 Å². The molecule has 0 spiro atoms. The number of aromatic carboxylic acids is 1. The first-order valence-corrected chi connectivity index (χ1v) is 5.03. The maximum Gasteiger partial charge on any atom is 0.356 e. The summed E-state index contributed by atoms with van der Waals surface area (Å²) in [5, 5.41) is 11.7. The van der Waals surface area contributed by atoms with Gasteiger partial charge < -0.3 is 10.4 Å². The molecule has 0 fully saturated rings. The van der Waals surface area contributed by atoms with Crippen LogP contribution in [0.5, 0.6) is 0 Å². The van der Waals surface area contributed by atoms with Gasteiger partial charge in [0.25, 0.3) is 0 Å². The SMILES string of the molecule is CCCCCNc1cnc(C(=O)O)cn1. The third kappa shape index (κ3) is 3.93. The molecule has 0 radical (unpaired) electrons. The molecule has 0 saturated heterocycles. The van der Waals surface area contributed by atoms with Gasteiger partial charge in [-0.05, 0) is 6.42 Å². The molecule has 82 valence electrons. The van der Waals surface area contributed by atoms with Crippen LogP contribution in [0.4, 0.5) is 5.82 Å². The first-order chi connectivity index (χ1) is 7.24. The van der Waals surface area contributed by atoms with Gasteiger partial charge in [0.1, 0.15) is 5.82 Å². The molecule has 5 nitrogen and oxygen atoms in total. The molecule has 1 heterocycles. The van der Waals surface area contributed by atoms with Crippen LogP contribution < -0.4 is 5.32 Å². The smallest absolute Gasteiger partial charge is 0.356 e. The number of carbonyl (C=O) groups is 1. The minimum absolute atomic E-state index is 0.0332. The molecule has 5 heteroatoms. The van der Waals surface area contributed by atoms with Gasteiger partial charge in [0.15, 0.2) is 5.69 Å². The van der Waals surface area contributed by atoms with Crippen molar-refractivity contribution >= 4 is 11.8 Å². The highest BCUT2D eigenvalue weighted by atomic mass is 16.4. The molecule has 0 unspecified atom stereocenters. The Balaban J connectivity index is 2.39. The third-order valence-corrected chi connectivity index (χ3v) is 1.96. The molecule has 1 aromatic rings. The molecule has 1 rings (SSSR count). The Bertz CT molecular complexity index is 311. The Kier molecular flexibility index (Phi) is 4.53. The number of nitrogens with one attached hydrogen (secondary N) is 1. The highest BCUT2D eigenvalue weighted by Crippen LogP contribution is 2.02. The van der Waals surface area contributed by atoms with E-state index in [-0.39, 0.29) is 5.69 Å². The van der Waals surface area contributed by atoms with Crippen molar-refractivity contribution in [1.29, 1.82) is 0 Å². The number of carboxylic acid groups (broad SMARTS) is 1. The summed E-state index contributed by atoms with van der Waals surface area (Å²) in [5.74, 6) is -0.434. The summed E-state index contributed by atoms with van der Waals surface area (Å²) in [6, 6.07) is 0. The van der Waals surface area contributed by atoms with E-state index in [9.17, 15) is 4.79 Å². The molecule has 1 aromatic heterocycles. The lowest BCUT2D eigenvalue weighted by atomic mass is 10.2. The molecule has 0 amide bonds. The summed E-state index contributed by atoms with van der Waals surface area (Å²) in [5.41, 5.74) is -0.0332. The minimum atomic E-state index is -1.06. The maximum absolute atomic E-state index is 10.5. The van der Waals surface area contributed by atoms with E-state index in [1.54, 1.807) is 0 Å². The van der Waals surface area contributed by atoms with Crippen LogP contribution in [0.25, 0.3) is 0 Å². The summed E-state index contributed by atoms with van der Waals surface area (Å²) >= 11 is 0. The zero-order chi connectivity index (χ0) is 11.1. The molecule has 0 aliphatic heterocycles. The number of nitrogens with zero attached hydrogens (tertiary/aromatic N) is 2. The van der Waals surface area contributed by atoms with Crippen molar-refractivity contribution < 1.29 is 9.90 Å². The summed E-state index contributed by atoms with van der Waals surface area (Å²) in [7, 11) is 0. The van der Waals surface area contributed by atoms with Crippen molar-refractivity contribution in [3.8, 4) is 0 Å². The van der Waals surface area contributed by atoms with E-state index in [2.05, 4.69) is 22.2 Å². The lowest BCUT2D eigenvalue weighted by molar-refractivity contribution is 0.0690. The average molecular weight is 209 g/mol. The van der Waals surface area contributed by atoms with Gasteiger partial charge in [0.05, 0.1) is 12.4 Å². The van der Waals surface area contributed by atoms with Gasteiger partial charge in [0, 0.05) is 6.54 Å². The first-order valence-electron chi connectivity index (χ1n) is 5.03. The predicted molar refractivity (Wildman–Crippen MR) is 57.0 cm³/mol. The van der Waals surface area contributed by atoms with Crippen molar-refractivity contribution in [2.75, 3.05) is 11.9 Å². The second kappa shape index (κ2) is 5.95. The number of anilines is 1. The summed E-state index contributed by atoms with van der Waals surface area (Å²) in [6.07, 6.45) is 6.12. The lowest BCUT2D eigenvalue weighted by Crippen LogP contribution is -2.06. The van der Waals surface area contributed by atoms with E-state index in [4.69, 9.17) is 5.11 Å². The fourth-order valence-electron chi connectivity index (χ4n) is 1.12. The van der Waals surface area contributed by atoms with Gasteiger partial charge in [-0.1, -0.05) is 19.8 Å². The Morgan fingerprint density at radius 2 is 2.20 bits per heavy atom. The number of carboxylic acids is 1. The summed E-state index contributed by atoms with van der Waals surface area (Å²) in [4.78, 5) is 18.2. The fourth-order valence-corrected chi connectivity index (χ4v) is 1.12. The molecular weight excluding hydrogens is 194 g/mol. The molecule has 0 aliphatic rings. The number of unbranched alkanes of at least 4 members (excludes halogenated alkanes) is 2. The van der Waals surface area contributed by atoms with Gasteiger partial charge in [-0.3, -0.25) is 0 Å². The molecular formula is C10H15N3O2. The van der Waals surface area contributed by atoms with Gasteiger partial charge in [-0.2, -0.15) is 0 Å². The second-order valence-electron chi connectivity index (χ2n) is 3.23. The molecule has 0 atom stereocenters. The Labute approximate surface area is 88.6 Å². The summed E-state index contributed by atoms with van der Waals surface area (Å²) in [6.45, 7) is 2.98. The highest BCUT2D eigenvalue weighted by molar-refractivity contribution is 5.84. The maximum atomic E-state index is 10.5. The molecule has 0 aromatic carbocycles. The van der Waals surface area contributed by atoms with E-state index < -0.39 is 5.97 Å². The second-order valence-corrected chi connectivity index (χ2v) is 3.23. The van der Waals surface area contributed by atoms with Gasteiger partial charge in [-0.25, -0.2) is 14.8 Å². The van der Waals surface area contributed by atoms with E-state index >= 15 is 0 Å². The van der Waals surface area contributed by atoms with Crippen LogP contribution in [0, 0.1) is 0 Å². The number of hydrogen-bond donors (Lipinski definition) is 2. The van der Waals surface area contributed by atoms with Crippen LogP contribution in [-0.2, 0) is 0 Å².